The number of nitrogens with zero attached hydrogens (tertiary/aromatic N) is 7. The van der Waals surface area contributed by atoms with Crippen LogP contribution in [0.2, 0.25) is 0 Å². The molecule has 24 heteroatoms. The van der Waals surface area contributed by atoms with E-state index in [1.54, 1.807) is 0 Å². The largest absolute Gasteiger partial charge is 0.395 e. The number of hydrogen-bond acceptors (Lipinski definition) is 18. The maximum absolute atomic E-state index is 12.4. The molecule has 0 saturated carbocycles. The minimum absolute atomic E-state index is 0.0218. The Morgan fingerprint density at radius 1 is 0.673 bits per heavy atom. The molecule has 0 bridgehead atoms. The predicted octanol–water partition coefficient (Wildman–Crippen LogP) is 1.98. The number of aliphatic hydroxyl groups excluding tert-OH is 2. The molecule has 0 saturated heterocycles. The Bertz CT molecular complexity index is 2270. The average molecular weight is 807 g/mol. The topological polar surface area (TPSA) is 312 Å². The third-order valence-corrected chi connectivity index (χ3v) is 12.3. The van der Waals surface area contributed by atoms with E-state index in [4.69, 9.17) is 20.5 Å². The Morgan fingerprint density at radius 3 is 1.67 bits per heavy atom. The van der Waals surface area contributed by atoms with Gasteiger partial charge in [-0.15, -0.1) is 10.2 Å². The maximum Gasteiger partial charge on any atom is 0.296 e. The van der Waals surface area contributed by atoms with Crippen LogP contribution < -0.4 is 15.5 Å². The first-order valence-corrected chi connectivity index (χ1v) is 21.5. The van der Waals surface area contributed by atoms with E-state index in [9.17, 15) is 38.2 Å². The lowest BCUT2D eigenvalue weighted by Crippen LogP contribution is -2.31. The highest BCUT2D eigenvalue weighted by Gasteiger charge is 2.24. The van der Waals surface area contributed by atoms with Crippen LogP contribution in [0.1, 0.15) is 5.56 Å². The van der Waals surface area contributed by atoms with Crippen LogP contribution in [0.15, 0.2) is 72.7 Å². The van der Waals surface area contributed by atoms with Crippen LogP contribution in [0.4, 0.5) is 40.1 Å². The molecule has 0 spiro atoms. The molecule has 6 N–H and O–H groups in total. The van der Waals surface area contributed by atoms with Crippen LogP contribution in [0.5, 0.6) is 0 Å². The number of aromatic nitrogens is 1. The molecule has 0 unspecified atom stereocenters. The van der Waals surface area contributed by atoms with E-state index in [0.29, 0.717) is 0 Å². The Labute approximate surface area is 301 Å². The van der Waals surface area contributed by atoms with E-state index in [2.05, 4.69) is 25.4 Å². The van der Waals surface area contributed by atoms with E-state index >= 15 is 0 Å². The van der Waals surface area contributed by atoms with Gasteiger partial charge < -0.3 is 25.7 Å². The fraction of sp³-hybridized carbons (Fsp3) is 0.393. The molecule has 1 heterocycles. The second-order valence-corrected chi connectivity index (χ2v) is 18.7. The monoisotopic (exact) mass is 806 g/mol. The van der Waals surface area contributed by atoms with E-state index < -0.39 is 75.3 Å². The highest BCUT2D eigenvalue weighted by atomic mass is 32.2. The summed E-state index contributed by atoms with van der Waals surface area (Å²) in [6.07, 6.45) is 0. The quantitative estimate of drug-likeness (QED) is 0.0906. The predicted molar refractivity (Wildman–Crippen MR) is 192 cm³/mol. The fourth-order valence-electron chi connectivity index (χ4n) is 4.36. The number of nitrogens with two attached hydrogens (primary N) is 1. The summed E-state index contributed by atoms with van der Waals surface area (Å²) in [6, 6.07) is 8.03. The van der Waals surface area contributed by atoms with Crippen molar-refractivity contribution in [2.24, 2.45) is 20.5 Å². The van der Waals surface area contributed by atoms with Crippen molar-refractivity contribution >= 4 is 80.0 Å². The number of aliphatic hydroxyl groups is 2. The van der Waals surface area contributed by atoms with Gasteiger partial charge in [-0.05, 0) is 49.4 Å². The number of azo groups is 2. The van der Waals surface area contributed by atoms with Gasteiger partial charge in [-0.1, -0.05) is 0 Å². The van der Waals surface area contributed by atoms with Crippen LogP contribution in [0.3, 0.4) is 0 Å². The molecule has 0 amide bonds. The molecule has 52 heavy (non-hydrogen) atoms. The molecule has 0 aliphatic carbocycles. The third-order valence-electron chi connectivity index (χ3n) is 7.32. The van der Waals surface area contributed by atoms with Crippen LogP contribution >= 0.6 is 0 Å². The number of rotatable bonds is 18. The second kappa shape index (κ2) is 17.1. The van der Waals surface area contributed by atoms with Crippen LogP contribution in [0, 0.1) is 6.92 Å². The molecular formula is C28H38N8O12S4. The number of benzene rings is 2. The summed E-state index contributed by atoms with van der Waals surface area (Å²) in [4.78, 5) is 6.29. The standard InChI is InChI=1S/C28H38N8O12S4/c1-19-25(29)27(35(2)10-14-49(39,40)16-12-37)30-28(36(3)11-15-50(41,42)17-13-38)26(19)34-33-23-9-6-21(18-24(23)52(46,47)48)32-31-20-4-7-22(8-5-20)51(43,44)45/h4-9,18,37-38H,10-17,29H2,1-3H3,(H,43,44,45)(H,46,47,48)/b32-31+,34-33+. The van der Waals surface area contributed by atoms with Gasteiger partial charge >= 0.3 is 0 Å². The van der Waals surface area contributed by atoms with Gasteiger partial charge in [0.05, 0.1) is 58.2 Å². The number of nitrogen functional groups attached to an aromatic ring is 1. The lowest BCUT2D eigenvalue weighted by molar-refractivity contribution is 0.319. The molecule has 0 atom stereocenters. The van der Waals surface area contributed by atoms with Crippen LogP contribution in [0.25, 0.3) is 0 Å². The first-order valence-electron chi connectivity index (χ1n) is 15.0. The van der Waals surface area contributed by atoms with Crippen molar-refractivity contribution < 1.29 is 53.0 Å². The molecule has 0 fully saturated rings. The smallest absolute Gasteiger partial charge is 0.296 e. The third kappa shape index (κ3) is 11.7. The molecule has 3 aromatic rings. The number of hydrogen-bond donors (Lipinski definition) is 5. The summed E-state index contributed by atoms with van der Waals surface area (Å²) in [5.41, 5.74) is 6.38. The molecular weight excluding hydrogens is 769 g/mol. The maximum atomic E-state index is 12.4. The van der Waals surface area contributed by atoms with Crippen molar-refractivity contribution in [2.75, 3.05) is 78.9 Å². The van der Waals surface area contributed by atoms with Crippen molar-refractivity contribution in [3.63, 3.8) is 0 Å². The van der Waals surface area contributed by atoms with Gasteiger partial charge in [0.1, 0.15) is 16.3 Å². The zero-order valence-corrected chi connectivity index (χ0v) is 31.4. The average Bonchev–Trinajstić information content (AvgIpc) is 3.05. The minimum Gasteiger partial charge on any atom is -0.395 e. The highest BCUT2D eigenvalue weighted by Crippen LogP contribution is 2.40. The zero-order chi connectivity index (χ0) is 39.1. The van der Waals surface area contributed by atoms with Gasteiger partial charge in [0, 0.05) is 32.7 Å². The van der Waals surface area contributed by atoms with Crippen LogP contribution in [-0.2, 0) is 39.9 Å². The minimum atomic E-state index is -4.94. The molecule has 2 aromatic carbocycles. The van der Waals surface area contributed by atoms with Gasteiger partial charge in [0.25, 0.3) is 20.2 Å². The normalized spacial score (nSPS) is 12.9. The molecule has 0 aliphatic rings. The van der Waals surface area contributed by atoms with Gasteiger partial charge in [0.15, 0.2) is 31.3 Å². The summed E-state index contributed by atoms with van der Waals surface area (Å²) >= 11 is 0. The second-order valence-electron chi connectivity index (χ2n) is 11.2. The summed E-state index contributed by atoms with van der Waals surface area (Å²) in [6.45, 7) is 0.163. The van der Waals surface area contributed by atoms with Gasteiger partial charge in [0.2, 0.25) is 0 Å². The number of anilines is 3. The highest BCUT2D eigenvalue weighted by molar-refractivity contribution is 7.91. The molecule has 286 valence electrons. The van der Waals surface area contributed by atoms with Crippen molar-refractivity contribution in [3.8, 4) is 0 Å². The van der Waals surface area contributed by atoms with E-state index in [1.807, 2.05) is 0 Å². The van der Waals surface area contributed by atoms with Gasteiger partial charge in [-0.25, -0.2) is 21.8 Å². The van der Waals surface area contributed by atoms with Crippen molar-refractivity contribution in [2.45, 2.75) is 16.7 Å². The molecule has 1 aromatic heterocycles. The van der Waals surface area contributed by atoms with E-state index in [-0.39, 0.29) is 69.4 Å². The van der Waals surface area contributed by atoms with Gasteiger partial charge in [-0.3, -0.25) is 9.11 Å². The van der Waals surface area contributed by atoms with E-state index in [1.165, 1.54) is 49.0 Å². The SMILES string of the molecule is Cc1c(N)c(N(C)CCS(=O)(=O)CCO)nc(N(C)CCS(=O)(=O)CCO)c1/N=N/c1ccc(/N=N/c2ccc(S(=O)(=O)O)cc2)cc1S(=O)(=O)O. The van der Waals surface area contributed by atoms with Crippen molar-refractivity contribution in [1.29, 1.82) is 0 Å². The molecule has 0 aliphatic heterocycles. The Kier molecular flexibility index (Phi) is 13.9. The lowest BCUT2D eigenvalue weighted by atomic mass is 10.1. The first-order chi connectivity index (χ1) is 24.1. The molecule has 3 rings (SSSR count). The first kappa shape index (κ1) is 42.2. The zero-order valence-electron chi connectivity index (χ0n) is 28.1. The number of pyridine rings is 1. The molecule has 0 radical (unpaired) electrons. The summed E-state index contributed by atoms with van der Waals surface area (Å²) < 4.78 is 115. The van der Waals surface area contributed by atoms with E-state index in [0.717, 1.165) is 24.3 Å². The van der Waals surface area contributed by atoms with Gasteiger partial charge in [-0.2, -0.15) is 27.1 Å². The van der Waals surface area contributed by atoms with Crippen LogP contribution in [-0.4, -0.2) is 121 Å². The summed E-state index contributed by atoms with van der Waals surface area (Å²) in [5.74, 6) is -1.53. The fourth-order valence-corrected chi connectivity index (χ4v) is 7.55. The Balaban J connectivity index is 2.08. The molecule has 20 nitrogen and oxygen atoms in total. The Morgan fingerprint density at radius 2 is 1.17 bits per heavy atom. The summed E-state index contributed by atoms with van der Waals surface area (Å²) in [5, 5.41) is 34.2. The van der Waals surface area contributed by atoms with Crippen molar-refractivity contribution in [1.82, 2.24) is 4.98 Å². The summed E-state index contributed by atoms with van der Waals surface area (Å²) in [7, 11) is -13.7. The van der Waals surface area contributed by atoms with Crippen molar-refractivity contribution in [3.05, 3.63) is 48.0 Å². The Hall–Kier alpha value is -4.17. The lowest BCUT2D eigenvalue weighted by Gasteiger charge is -2.26. The number of sulfone groups is 2.